The molecular weight excluding hydrogens is 422 g/mol. The van der Waals surface area contributed by atoms with Gasteiger partial charge in [-0.25, -0.2) is 0 Å². The van der Waals surface area contributed by atoms with Gasteiger partial charge < -0.3 is 29.3 Å². The van der Waals surface area contributed by atoms with Crippen LogP contribution in [0.5, 0.6) is 11.5 Å². The first-order chi connectivity index (χ1) is 16.1. The second kappa shape index (κ2) is 12.7. The number of nitrogens with zero attached hydrogens (tertiary/aromatic N) is 2. The Labute approximate surface area is 195 Å². The maximum absolute atomic E-state index is 12.1. The molecular formula is C25H33N3O5. The van der Waals surface area contributed by atoms with Crippen LogP contribution in [0.15, 0.2) is 48.5 Å². The predicted molar refractivity (Wildman–Crippen MR) is 128 cm³/mol. The van der Waals surface area contributed by atoms with Gasteiger partial charge in [0.05, 0.1) is 19.6 Å². The fourth-order valence-electron chi connectivity index (χ4n) is 3.54. The lowest BCUT2D eigenvalue weighted by atomic mass is 10.2. The number of hydrogen-bond donors (Lipinski definition) is 1. The number of piperazine rings is 1. The van der Waals surface area contributed by atoms with Crippen molar-refractivity contribution in [1.82, 2.24) is 4.90 Å². The molecule has 0 unspecified atom stereocenters. The molecule has 1 heterocycles. The molecule has 8 nitrogen and oxygen atoms in total. The highest BCUT2D eigenvalue weighted by atomic mass is 16.5. The molecule has 178 valence electrons. The van der Waals surface area contributed by atoms with E-state index in [1.165, 1.54) is 0 Å². The van der Waals surface area contributed by atoms with Gasteiger partial charge in [0, 0.05) is 37.6 Å². The molecule has 1 saturated heterocycles. The lowest BCUT2D eigenvalue weighted by Gasteiger charge is -2.35. The largest absolute Gasteiger partial charge is 0.494 e. The van der Waals surface area contributed by atoms with E-state index in [1.54, 1.807) is 24.3 Å². The van der Waals surface area contributed by atoms with Crippen LogP contribution in [0.4, 0.5) is 11.4 Å². The van der Waals surface area contributed by atoms with Crippen molar-refractivity contribution in [2.75, 3.05) is 62.8 Å². The first kappa shape index (κ1) is 24.4. The van der Waals surface area contributed by atoms with E-state index < -0.39 is 5.97 Å². The van der Waals surface area contributed by atoms with Crippen LogP contribution in [-0.4, -0.2) is 69.3 Å². The van der Waals surface area contributed by atoms with Gasteiger partial charge in [-0.2, -0.15) is 0 Å². The van der Waals surface area contributed by atoms with Gasteiger partial charge in [0.15, 0.2) is 6.61 Å². The third-order valence-electron chi connectivity index (χ3n) is 5.41. The molecule has 0 saturated carbocycles. The average molecular weight is 456 g/mol. The number of hydrogen-bond acceptors (Lipinski definition) is 7. The molecule has 1 aliphatic heterocycles. The molecule has 2 aromatic carbocycles. The van der Waals surface area contributed by atoms with Crippen molar-refractivity contribution in [3.63, 3.8) is 0 Å². The average Bonchev–Trinajstić information content (AvgIpc) is 2.84. The lowest BCUT2D eigenvalue weighted by molar-refractivity contribution is -0.147. The first-order valence-electron chi connectivity index (χ1n) is 11.5. The van der Waals surface area contributed by atoms with Crippen LogP contribution in [-0.2, 0) is 14.3 Å². The molecule has 1 amide bonds. The Morgan fingerprint density at radius 2 is 1.52 bits per heavy atom. The molecule has 0 aliphatic carbocycles. The predicted octanol–water partition coefficient (Wildman–Crippen LogP) is 3.18. The third-order valence-corrected chi connectivity index (χ3v) is 5.41. The van der Waals surface area contributed by atoms with Crippen LogP contribution < -0.4 is 19.7 Å². The Hall–Kier alpha value is -3.26. The molecule has 0 radical (unpaired) electrons. The maximum atomic E-state index is 12.1. The number of nitrogens with one attached hydrogen (secondary N) is 1. The number of anilines is 2. The summed E-state index contributed by atoms with van der Waals surface area (Å²) in [4.78, 5) is 28.8. The highest BCUT2D eigenvalue weighted by Crippen LogP contribution is 2.20. The van der Waals surface area contributed by atoms with E-state index in [-0.39, 0.29) is 25.5 Å². The van der Waals surface area contributed by atoms with Crippen LogP contribution in [0.3, 0.4) is 0 Å². The smallest absolute Gasteiger partial charge is 0.309 e. The Morgan fingerprint density at radius 1 is 0.879 bits per heavy atom. The van der Waals surface area contributed by atoms with Crippen LogP contribution >= 0.6 is 0 Å². The summed E-state index contributed by atoms with van der Waals surface area (Å²) < 4.78 is 15.9. The minimum atomic E-state index is -0.488. The number of benzene rings is 2. The second-order valence-corrected chi connectivity index (χ2v) is 7.68. The summed E-state index contributed by atoms with van der Waals surface area (Å²) in [7, 11) is 0. The van der Waals surface area contributed by atoms with Gasteiger partial charge >= 0.3 is 5.97 Å². The Bertz CT molecular complexity index is 878. The van der Waals surface area contributed by atoms with Crippen molar-refractivity contribution in [3.8, 4) is 11.5 Å². The number of rotatable bonds is 11. The first-order valence-corrected chi connectivity index (χ1v) is 11.5. The van der Waals surface area contributed by atoms with E-state index in [4.69, 9.17) is 14.2 Å². The van der Waals surface area contributed by atoms with E-state index >= 15 is 0 Å². The van der Waals surface area contributed by atoms with Crippen molar-refractivity contribution < 1.29 is 23.8 Å². The molecule has 3 rings (SSSR count). The summed E-state index contributed by atoms with van der Waals surface area (Å²) in [6.07, 6.45) is 0.0560. The Kier molecular flexibility index (Phi) is 9.38. The Balaban J connectivity index is 1.33. The topological polar surface area (TPSA) is 80.3 Å². The van der Waals surface area contributed by atoms with Gasteiger partial charge in [-0.15, -0.1) is 0 Å². The number of carbonyl (C=O) groups is 2. The Morgan fingerprint density at radius 3 is 2.12 bits per heavy atom. The van der Waals surface area contributed by atoms with Crippen molar-refractivity contribution in [1.29, 1.82) is 0 Å². The lowest BCUT2D eigenvalue weighted by Crippen LogP contribution is -2.46. The number of carbonyl (C=O) groups excluding carboxylic acids is 2. The van der Waals surface area contributed by atoms with Crippen molar-refractivity contribution in [2.45, 2.75) is 20.3 Å². The highest BCUT2D eigenvalue weighted by molar-refractivity contribution is 5.92. The minimum absolute atomic E-state index is 0.0560. The number of likely N-dealkylation sites (N-methyl/N-ethyl adjacent to an activating group) is 1. The molecule has 8 heteroatoms. The van der Waals surface area contributed by atoms with Crippen LogP contribution in [0.25, 0.3) is 0 Å². The molecule has 1 fully saturated rings. The molecule has 0 atom stereocenters. The zero-order valence-corrected chi connectivity index (χ0v) is 19.4. The third kappa shape index (κ3) is 7.98. The monoisotopic (exact) mass is 455 g/mol. The fraction of sp³-hybridized carbons (Fsp3) is 0.440. The molecule has 1 aliphatic rings. The molecule has 0 bridgehead atoms. The fourth-order valence-corrected chi connectivity index (χ4v) is 3.54. The van der Waals surface area contributed by atoms with Gasteiger partial charge in [-0.05, 0) is 62.0 Å². The summed E-state index contributed by atoms with van der Waals surface area (Å²) in [5.74, 6) is 0.539. The zero-order valence-electron chi connectivity index (χ0n) is 19.4. The van der Waals surface area contributed by atoms with E-state index in [0.717, 1.165) is 44.2 Å². The van der Waals surface area contributed by atoms with Crippen LogP contribution in [0.2, 0.25) is 0 Å². The van der Waals surface area contributed by atoms with E-state index in [0.29, 0.717) is 18.0 Å². The maximum Gasteiger partial charge on any atom is 0.309 e. The highest BCUT2D eigenvalue weighted by Gasteiger charge is 2.16. The van der Waals surface area contributed by atoms with E-state index in [1.807, 2.05) is 31.2 Å². The summed E-state index contributed by atoms with van der Waals surface area (Å²) in [5, 5.41) is 2.76. The minimum Gasteiger partial charge on any atom is -0.494 e. The van der Waals surface area contributed by atoms with Crippen molar-refractivity contribution in [3.05, 3.63) is 48.5 Å². The van der Waals surface area contributed by atoms with Gasteiger partial charge in [-0.3, -0.25) is 9.59 Å². The zero-order chi connectivity index (χ0) is 23.5. The second-order valence-electron chi connectivity index (χ2n) is 7.68. The van der Waals surface area contributed by atoms with Gasteiger partial charge in [-0.1, -0.05) is 6.92 Å². The molecule has 2 aromatic rings. The quantitative estimate of drug-likeness (QED) is 0.521. The molecule has 0 spiro atoms. The van der Waals surface area contributed by atoms with E-state index in [9.17, 15) is 9.59 Å². The number of esters is 1. The normalized spacial score (nSPS) is 13.9. The van der Waals surface area contributed by atoms with Crippen molar-refractivity contribution >= 4 is 23.3 Å². The summed E-state index contributed by atoms with van der Waals surface area (Å²) in [6.45, 7) is 9.74. The number of amides is 1. The van der Waals surface area contributed by atoms with Crippen LogP contribution in [0.1, 0.15) is 20.3 Å². The summed E-state index contributed by atoms with van der Waals surface area (Å²) in [6, 6.07) is 14.9. The van der Waals surface area contributed by atoms with E-state index in [2.05, 4.69) is 22.0 Å². The number of ether oxygens (including phenoxy) is 3. The SMILES string of the molecule is CCOc1ccc(OCCC(=O)OCC(=O)Nc2ccc(N3CCN(CC)CC3)cc2)cc1. The van der Waals surface area contributed by atoms with Gasteiger partial charge in [0.1, 0.15) is 11.5 Å². The standard InChI is InChI=1S/C25H33N3O5/c1-3-27-14-16-28(17-15-27)21-7-5-20(6-8-21)26-24(29)19-33-25(30)13-18-32-23-11-9-22(10-12-23)31-4-2/h5-12H,3-4,13-19H2,1-2H3,(H,26,29). The summed E-state index contributed by atoms with van der Waals surface area (Å²) >= 11 is 0. The van der Waals surface area contributed by atoms with Gasteiger partial charge in [0.25, 0.3) is 5.91 Å². The van der Waals surface area contributed by atoms with Gasteiger partial charge in [0.2, 0.25) is 0 Å². The molecule has 33 heavy (non-hydrogen) atoms. The summed E-state index contributed by atoms with van der Waals surface area (Å²) in [5.41, 5.74) is 1.81. The van der Waals surface area contributed by atoms with Crippen LogP contribution in [0, 0.1) is 0 Å². The van der Waals surface area contributed by atoms with Crippen molar-refractivity contribution in [2.24, 2.45) is 0 Å². The molecule has 0 aromatic heterocycles. The molecule has 1 N–H and O–H groups in total.